The highest BCUT2D eigenvalue weighted by molar-refractivity contribution is 5.85. The standard InChI is InChI=1S/C18H18N2/c1-11-13-7-3-5-9-15(13)19-17(11)18-12(2)14-8-4-6-10-16(14)20-18/h3-11,17,19-20H,1-2H3/t11-,17+/m0/s1. The first-order valence-corrected chi connectivity index (χ1v) is 7.18. The lowest BCUT2D eigenvalue weighted by molar-refractivity contribution is 0.659. The van der Waals surface area contributed by atoms with E-state index in [4.69, 9.17) is 0 Å². The zero-order chi connectivity index (χ0) is 13.7. The van der Waals surface area contributed by atoms with Crippen molar-refractivity contribution in [1.82, 2.24) is 4.98 Å². The molecule has 0 unspecified atom stereocenters. The van der Waals surface area contributed by atoms with E-state index >= 15 is 0 Å². The third-order valence-electron chi connectivity index (χ3n) is 4.58. The van der Waals surface area contributed by atoms with Crippen LogP contribution in [0.2, 0.25) is 0 Å². The Morgan fingerprint density at radius 2 is 1.70 bits per heavy atom. The zero-order valence-corrected chi connectivity index (χ0v) is 11.8. The molecule has 0 fully saturated rings. The van der Waals surface area contributed by atoms with Crippen LogP contribution in [0.25, 0.3) is 10.9 Å². The summed E-state index contributed by atoms with van der Waals surface area (Å²) in [6.07, 6.45) is 0. The molecule has 0 amide bonds. The summed E-state index contributed by atoms with van der Waals surface area (Å²) in [7, 11) is 0. The van der Waals surface area contributed by atoms with Crippen molar-refractivity contribution < 1.29 is 0 Å². The van der Waals surface area contributed by atoms with Crippen LogP contribution < -0.4 is 5.32 Å². The molecule has 0 spiro atoms. The van der Waals surface area contributed by atoms with Gasteiger partial charge in [-0.25, -0.2) is 0 Å². The first kappa shape index (κ1) is 11.6. The summed E-state index contributed by atoms with van der Waals surface area (Å²) in [5, 5.41) is 5.00. The van der Waals surface area contributed by atoms with Gasteiger partial charge in [-0.15, -0.1) is 0 Å². The van der Waals surface area contributed by atoms with E-state index in [0.29, 0.717) is 12.0 Å². The van der Waals surface area contributed by atoms with Crippen molar-refractivity contribution in [1.29, 1.82) is 0 Å². The van der Waals surface area contributed by atoms with Gasteiger partial charge < -0.3 is 10.3 Å². The smallest absolute Gasteiger partial charge is 0.0732 e. The van der Waals surface area contributed by atoms with E-state index in [9.17, 15) is 0 Å². The number of anilines is 1. The van der Waals surface area contributed by atoms with Crippen LogP contribution in [-0.4, -0.2) is 4.98 Å². The highest BCUT2D eigenvalue weighted by Gasteiger charge is 2.31. The number of aryl methyl sites for hydroxylation is 1. The van der Waals surface area contributed by atoms with Crippen LogP contribution in [0, 0.1) is 6.92 Å². The van der Waals surface area contributed by atoms with Crippen LogP contribution in [0.3, 0.4) is 0 Å². The van der Waals surface area contributed by atoms with Crippen LogP contribution >= 0.6 is 0 Å². The Morgan fingerprint density at radius 1 is 0.950 bits per heavy atom. The van der Waals surface area contributed by atoms with Crippen LogP contribution in [0.4, 0.5) is 5.69 Å². The lowest BCUT2D eigenvalue weighted by Crippen LogP contribution is -2.10. The molecular weight excluding hydrogens is 244 g/mol. The molecule has 4 rings (SSSR count). The summed E-state index contributed by atoms with van der Waals surface area (Å²) < 4.78 is 0. The van der Waals surface area contributed by atoms with E-state index < -0.39 is 0 Å². The molecule has 2 heteroatoms. The Hall–Kier alpha value is -2.22. The predicted molar refractivity (Wildman–Crippen MR) is 84.3 cm³/mol. The number of para-hydroxylation sites is 2. The van der Waals surface area contributed by atoms with Gasteiger partial charge in [0.2, 0.25) is 0 Å². The molecular formula is C18H18N2. The quantitative estimate of drug-likeness (QED) is 0.651. The fourth-order valence-corrected chi connectivity index (χ4v) is 3.43. The van der Waals surface area contributed by atoms with Crippen molar-refractivity contribution in [2.75, 3.05) is 5.32 Å². The second-order valence-electron chi connectivity index (χ2n) is 5.71. The molecule has 1 aliphatic heterocycles. The topological polar surface area (TPSA) is 27.8 Å². The fraction of sp³-hybridized carbons (Fsp3) is 0.222. The largest absolute Gasteiger partial charge is 0.376 e. The lowest BCUT2D eigenvalue weighted by Gasteiger charge is -2.16. The predicted octanol–water partition coefficient (Wildman–Crippen LogP) is 4.75. The summed E-state index contributed by atoms with van der Waals surface area (Å²) in [5.74, 6) is 0.484. The van der Waals surface area contributed by atoms with Gasteiger partial charge in [0.15, 0.2) is 0 Å². The molecule has 100 valence electrons. The third-order valence-corrected chi connectivity index (χ3v) is 4.58. The maximum atomic E-state index is 3.67. The van der Waals surface area contributed by atoms with Crippen LogP contribution in [0.5, 0.6) is 0 Å². The van der Waals surface area contributed by atoms with E-state index in [-0.39, 0.29) is 0 Å². The minimum Gasteiger partial charge on any atom is -0.376 e. The number of rotatable bonds is 1. The Bertz CT molecular complexity index is 785. The molecule has 1 aromatic heterocycles. The zero-order valence-electron chi connectivity index (χ0n) is 11.8. The monoisotopic (exact) mass is 262 g/mol. The fourth-order valence-electron chi connectivity index (χ4n) is 3.43. The van der Waals surface area contributed by atoms with E-state index in [1.165, 1.54) is 33.4 Å². The van der Waals surface area contributed by atoms with Crippen LogP contribution in [0.1, 0.15) is 35.7 Å². The summed E-state index contributed by atoms with van der Waals surface area (Å²) in [6, 6.07) is 17.5. The SMILES string of the molecule is Cc1c([C@@H]2Nc3ccccc3[C@@H]2C)[nH]c2ccccc12. The van der Waals surface area contributed by atoms with Crippen LogP contribution in [0.15, 0.2) is 48.5 Å². The molecule has 2 nitrogen and oxygen atoms in total. The third kappa shape index (κ3) is 1.51. The minimum absolute atomic E-state index is 0.333. The van der Waals surface area contributed by atoms with E-state index in [1.54, 1.807) is 0 Å². The maximum Gasteiger partial charge on any atom is 0.0732 e. The molecule has 0 saturated carbocycles. The Morgan fingerprint density at radius 3 is 2.50 bits per heavy atom. The first-order valence-electron chi connectivity index (χ1n) is 7.18. The van der Waals surface area contributed by atoms with Crippen molar-refractivity contribution in [3.63, 3.8) is 0 Å². The number of nitrogens with one attached hydrogen (secondary N) is 2. The van der Waals surface area contributed by atoms with Gasteiger partial charge >= 0.3 is 0 Å². The number of benzene rings is 2. The molecule has 0 radical (unpaired) electrons. The molecule has 2 N–H and O–H groups in total. The number of hydrogen-bond acceptors (Lipinski definition) is 1. The Kier molecular flexibility index (Phi) is 2.40. The van der Waals surface area contributed by atoms with E-state index in [1.807, 2.05) is 0 Å². The van der Waals surface area contributed by atoms with Gasteiger partial charge in [0.05, 0.1) is 6.04 Å². The number of fused-ring (bicyclic) bond motifs is 2. The van der Waals surface area contributed by atoms with Crippen molar-refractivity contribution in [3.8, 4) is 0 Å². The summed E-state index contributed by atoms with van der Waals surface area (Å²) in [6.45, 7) is 4.51. The summed E-state index contributed by atoms with van der Waals surface area (Å²) in [4.78, 5) is 3.61. The van der Waals surface area contributed by atoms with Crippen molar-refractivity contribution >= 4 is 16.6 Å². The molecule has 2 heterocycles. The second-order valence-corrected chi connectivity index (χ2v) is 5.71. The lowest BCUT2D eigenvalue weighted by atomic mass is 9.93. The van der Waals surface area contributed by atoms with Gasteiger partial charge in [0.25, 0.3) is 0 Å². The van der Waals surface area contributed by atoms with Crippen molar-refractivity contribution in [2.24, 2.45) is 0 Å². The van der Waals surface area contributed by atoms with Gasteiger partial charge in [0.1, 0.15) is 0 Å². The molecule has 3 aromatic rings. The molecule has 20 heavy (non-hydrogen) atoms. The van der Waals surface area contributed by atoms with E-state index in [0.717, 1.165) is 0 Å². The highest BCUT2D eigenvalue weighted by Crippen LogP contribution is 2.44. The normalized spacial score (nSPS) is 20.9. The van der Waals surface area contributed by atoms with Crippen molar-refractivity contribution in [2.45, 2.75) is 25.8 Å². The number of aromatic amines is 1. The first-order chi connectivity index (χ1) is 9.75. The second kappa shape index (κ2) is 4.14. The summed E-state index contributed by atoms with van der Waals surface area (Å²) in [5.41, 5.74) is 6.58. The average Bonchev–Trinajstić information content (AvgIpc) is 2.98. The molecule has 2 aromatic carbocycles. The van der Waals surface area contributed by atoms with E-state index in [2.05, 4.69) is 72.7 Å². The molecule has 0 bridgehead atoms. The average molecular weight is 262 g/mol. The Balaban J connectivity index is 1.84. The summed E-state index contributed by atoms with van der Waals surface area (Å²) >= 11 is 0. The van der Waals surface area contributed by atoms with Gasteiger partial charge in [-0.05, 0) is 30.2 Å². The highest BCUT2D eigenvalue weighted by atomic mass is 15.0. The van der Waals surface area contributed by atoms with Crippen LogP contribution in [-0.2, 0) is 0 Å². The Labute approximate surface area is 118 Å². The number of hydrogen-bond donors (Lipinski definition) is 2. The molecule has 2 atom stereocenters. The number of H-pyrrole nitrogens is 1. The number of aromatic nitrogens is 1. The molecule has 0 saturated heterocycles. The minimum atomic E-state index is 0.333. The van der Waals surface area contributed by atoms with Gasteiger partial charge in [0, 0.05) is 28.2 Å². The molecule has 0 aliphatic carbocycles. The van der Waals surface area contributed by atoms with Gasteiger partial charge in [-0.1, -0.05) is 43.3 Å². The molecule has 1 aliphatic rings. The van der Waals surface area contributed by atoms with Gasteiger partial charge in [-0.3, -0.25) is 0 Å². The van der Waals surface area contributed by atoms with Gasteiger partial charge in [-0.2, -0.15) is 0 Å². The van der Waals surface area contributed by atoms with Crippen molar-refractivity contribution in [3.05, 3.63) is 65.4 Å². The maximum absolute atomic E-state index is 3.67.